The molecule has 2 aliphatic rings. The van der Waals surface area contributed by atoms with Crippen LogP contribution in [0.25, 0.3) is 10.4 Å². The van der Waals surface area contributed by atoms with Crippen molar-refractivity contribution in [2.24, 2.45) is 10.5 Å². The van der Waals surface area contributed by atoms with Gasteiger partial charge in [0.05, 0.1) is 19.3 Å². The molecule has 1 N–H and O–H groups in total. The molecule has 5 heteroatoms. The van der Waals surface area contributed by atoms with Crippen molar-refractivity contribution < 1.29 is 4.74 Å². The first-order valence-electron chi connectivity index (χ1n) is 5.18. The largest absolute Gasteiger partial charge is 0.377 e. The van der Waals surface area contributed by atoms with Crippen LogP contribution in [0.3, 0.4) is 0 Å². The van der Waals surface area contributed by atoms with Gasteiger partial charge in [0.15, 0.2) is 0 Å². The first kappa shape index (κ1) is 9.77. The average Bonchev–Trinajstić information content (AvgIpc) is 2.60. The van der Waals surface area contributed by atoms with Crippen molar-refractivity contribution in [1.82, 2.24) is 5.32 Å². The van der Waals surface area contributed by atoms with Crippen molar-refractivity contribution in [3.63, 3.8) is 0 Å². The summed E-state index contributed by atoms with van der Waals surface area (Å²) >= 11 is 0. The molecule has 14 heavy (non-hydrogen) atoms. The van der Waals surface area contributed by atoms with Crippen LogP contribution in [-0.2, 0) is 4.74 Å². The van der Waals surface area contributed by atoms with E-state index in [0.29, 0.717) is 12.0 Å². The van der Waals surface area contributed by atoms with Crippen LogP contribution in [-0.4, -0.2) is 32.3 Å². The molecule has 0 amide bonds. The molecule has 1 spiro atoms. The predicted octanol–water partition coefficient (Wildman–Crippen LogP) is 1.46. The number of hydrogen-bond acceptors (Lipinski definition) is 3. The Bertz CT molecular complexity index is 243. The van der Waals surface area contributed by atoms with E-state index < -0.39 is 0 Å². The van der Waals surface area contributed by atoms with E-state index in [0.717, 1.165) is 26.1 Å². The van der Waals surface area contributed by atoms with Gasteiger partial charge in [-0.1, -0.05) is 5.11 Å². The fraction of sp³-hybridized carbons (Fsp3) is 1.00. The van der Waals surface area contributed by atoms with Gasteiger partial charge in [0.25, 0.3) is 0 Å². The molecule has 0 saturated carbocycles. The Morgan fingerprint density at radius 1 is 1.64 bits per heavy atom. The van der Waals surface area contributed by atoms with Crippen molar-refractivity contribution in [3.05, 3.63) is 10.4 Å². The Morgan fingerprint density at radius 3 is 3.29 bits per heavy atom. The van der Waals surface area contributed by atoms with Crippen LogP contribution in [0.2, 0.25) is 0 Å². The summed E-state index contributed by atoms with van der Waals surface area (Å²) in [6, 6.07) is 0. The summed E-state index contributed by atoms with van der Waals surface area (Å²) in [5.74, 6) is 0. The van der Waals surface area contributed by atoms with Crippen LogP contribution in [0.4, 0.5) is 0 Å². The molecule has 0 aromatic heterocycles. The number of piperidine rings is 1. The van der Waals surface area contributed by atoms with Crippen molar-refractivity contribution in [3.8, 4) is 0 Å². The van der Waals surface area contributed by atoms with E-state index in [9.17, 15) is 0 Å². The Balaban J connectivity index is 1.88. The zero-order valence-electron chi connectivity index (χ0n) is 8.28. The van der Waals surface area contributed by atoms with Gasteiger partial charge in [-0.05, 0) is 31.3 Å². The minimum atomic E-state index is 0.144. The maximum absolute atomic E-state index is 8.22. The van der Waals surface area contributed by atoms with E-state index >= 15 is 0 Å². The molecule has 2 heterocycles. The molecule has 0 aromatic rings. The van der Waals surface area contributed by atoms with Crippen molar-refractivity contribution >= 4 is 0 Å². The molecule has 78 valence electrons. The third kappa shape index (κ3) is 2.00. The molecule has 0 aromatic carbocycles. The van der Waals surface area contributed by atoms with Crippen LogP contribution in [0.5, 0.6) is 0 Å². The van der Waals surface area contributed by atoms with Crippen molar-refractivity contribution in [2.75, 3.05) is 26.2 Å². The Kier molecular flexibility index (Phi) is 2.91. The maximum Gasteiger partial charge on any atom is 0.0638 e. The van der Waals surface area contributed by atoms with Gasteiger partial charge in [-0.15, -0.1) is 0 Å². The van der Waals surface area contributed by atoms with Crippen molar-refractivity contribution in [2.45, 2.75) is 25.4 Å². The molecule has 2 unspecified atom stereocenters. The summed E-state index contributed by atoms with van der Waals surface area (Å²) in [6.07, 6.45) is 3.66. The molecular weight excluding hydrogens is 180 g/mol. The smallest absolute Gasteiger partial charge is 0.0638 e. The van der Waals surface area contributed by atoms with E-state index in [4.69, 9.17) is 10.3 Å². The van der Waals surface area contributed by atoms with Crippen LogP contribution in [0, 0.1) is 5.41 Å². The van der Waals surface area contributed by atoms with Gasteiger partial charge in [-0.2, -0.15) is 0 Å². The molecule has 2 fully saturated rings. The van der Waals surface area contributed by atoms with Crippen LogP contribution < -0.4 is 5.32 Å². The highest BCUT2D eigenvalue weighted by molar-refractivity contribution is 4.92. The second-order valence-corrected chi connectivity index (χ2v) is 4.33. The Morgan fingerprint density at radius 2 is 2.57 bits per heavy atom. The predicted molar refractivity (Wildman–Crippen MR) is 52.9 cm³/mol. The maximum atomic E-state index is 8.22. The molecule has 2 saturated heterocycles. The van der Waals surface area contributed by atoms with Gasteiger partial charge in [-0.3, -0.25) is 0 Å². The third-order valence-electron chi connectivity index (χ3n) is 3.20. The van der Waals surface area contributed by atoms with Gasteiger partial charge >= 0.3 is 0 Å². The van der Waals surface area contributed by atoms with Gasteiger partial charge in [0, 0.05) is 16.9 Å². The SMILES string of the molecule is [N-]=[N+]=NCC1CC2(CCCNC2)CO1. The lowest BCUT2D eigenvalue weighted by atomic mass is 9.79. The second-order valence-electron chi connectivity index (χ2n) is 4.33. The summed E-state index contributed by atoms with van der Waals surface area (Å²) in [5, 5.41) is 6.98. The average molecular weight is 196 g/mol. The summed E-state index contributed by atoms with van der Waals surface area (Å²) in [6.45, 7) is 3.49. The van der Waals surface area contributed by atoms with Gasteiger partial charge in [0.1, 0.15) is 0 Å². The number of nitrogens with one attached hydrogen (secondary N) is 1. The van der Waals surface area contributed by atoms with E-state index in [1.807, 2.05) is 0 Å². The highest BCUT2D eigenvalue weighted by Crippen LogP contribution is 2.38. The monoisotopic (exact) mass is 196 g/mol. The normalized spacial score (nSPS) is 37.0. The molecule has 2 atom stereocenters. The van der Waals surface area contributed by atoms with E-state index in [2.05, 4.69) is 15.3 Å². The molecule has 2 aliphatic heterocycles. The van der Waals surface area contributed by atoms with E-state index in [1.165, 1.54) is 12.8 Å². The number of nitrogens with zero attached hydrogens (tertiary/aromatic N) is 3. The Hall–Kier alpha value is -0.770. The van der Waals surface area contributed by atoms with Crippen LogP contribution in [0.15, 0.2) is 5.11 Å². The highest BCUT2D eigenvalue weighted by Gasteiger charge is 2.40. The summed E-state index contributed by atoms with van der Waals surface area (Å²) in [5.41, 5.74) is 8.55. The lowest BCUT2D eigenvalue weighted by Crippen LogP contribution is -2.40. The minimum absolute atomic E-state index is 0.144. The minimum Gasteiger partial charge on any atom is -0.377 e. The number of azide groups is 1. The molecular formula is C9H16N4O. The first-order chi connectivity index (χ1) is 6.85. The standard InChI is InChI=1S/C9H16N4O/c10-13-12-5-8-4-9(7-14-8)2-1-3-11-6-9/h8,11H,1-7H2. The van der Waals surface area contributed by atoms with Crippen LogP contribution >= 0.6 is 0 Å². The van der Waals surface area contributed by atoms with Crippen LogP contribution in [0.1, 0.15) is 19.3 Å². The number of hydrogen-bond donors (Lipinski definition) is 1. The van der Waals surface area contributed by atoms with E-state index in [-0.39, 0.29) is 6.10 Å². The third-order valence-corrected chi connectivity index (χ3v) is 3.20. The molecule has 2 rings (SSSR count). The lowest BCUT2D eigenvalue weighted by Gasteiger charge is -2.32. The van der Waals surface area contributed by atoms with Gasteiger partial charge in [-0.25, -0.2) is 0 Å². The fourth-order valence-electron chi connectivity index (χ4n) is 2.47. The summed E-state index contributed by atoms with van der Waals surface area (Å²) < 4.78 is 5.64. The molecule has 0 aliphatic carbocycles. The zero-order chi connectivity index (χ0) is 9.86. The van der Waals surface area contributed by atoms with Gasteiger partial charge < -0.3 is 10.1 Å². The summed E-state index contributed by atoms with van der Waals surface area (Å²) in [4.78, 5) is 2.76. The van der Waals surface area contributed by atoms with Gasteiger partial charge in [0.2, 0.25) is 0 Å². The highest BCUT2D eigenvalue weighted by atomic mass is 16.5. The number of ether oxygens (including phenoxy) is 1. The van der Waals surface area contributed by atoms with E-state index in [1.54, 1.807) is 0 Å². The zero-order valence-corrected chi connectivity index (χ0v) is 8.28. The fourth-order valence-corrected chi connectivity index (χ4v) is 2.47. The second kappa shape index (κ2) is 4.17. The quantitative estimate of drug-likeness (QED) is 0.412. The molecule has 0 bridgehead atoms. The first-order valence-corrected chi connectivity index (χ1v) is 5.18. The number of rotatable bonds is 2. The van der Waals surface area contributed by atoms with Crippen molar-refractivity contribution in [1.29, 1.82) is 0 Å². The molecule has 0 radical (unpaired) electrons. The topological polar surface area (TPSA) is 70.0 Å². The summed E-state index contributed by atoms with van der Waals surface area (Å²) in [7, 11) is 0. The Labute approximate surface area is 83.4 Å². The lowest BCUT2D eigenvalue weighted by molar-refractivity contribution is 0.0923. The molecule has 5 nitrogen and oxygen atoms in total.